The van der Waals surface area contributed by atoms with E-state index in [0.717, 1.165) is 26.0 Å². The van der Waals surface area contributed by atoms with Crippen LogP contribution >= 0.6 is 43.5 Å². The molecule has 0 heterocycles. The van der Waals surface area contributed by atoms with Gasteiger partial charge in [-0.3, -0.25) is 0 Å². The van der Waals surface area contributed by atoms with Crippen LogP contribution in [-0.4, -0.2) is 0 Å². The standard InChI is InChI=1S/C8H7Br2Cl/c1-5-7(10)3-2-6(4-9)8(5)11/h2-3H,4H2,1H3. The fourth-order valence-electron chi connectivity index (χ4n) is 0.821. The van der Waals surface area contributed by atoms with Crippen LogP contribution in [0, 0.1) is 6.92 Å². The number of hydrogen-bond donors (Lipinski definition) is 0. The summed E-state index contributed by atoms with van der Waals surface area (Å²) in [6, 6.07) is 4.02. The van der Waals surface area contributed by atoms with Crippen LogP contribution in [0.5, 0.6) is 0 Å². The third kappa shape index (κ3) is 1.98. The Balaban J connectivity index is 3.25. The van der Waals surface area contributed by atoms with E-state index in [2.05, 4.69) is 31.9 Å². The first kappa shape index (κ1) is 9.56. The normalized spacial score (nSPS) is 10.2. The van der Waals surface area contributed by atoms with Crippen molar-refractivity contribution in [3.05, 3.63) is 32.8 Å². The van der Waals surface area contributed by atoms with Gasteiger partial charge in [-0.25, -0.2) is 0 Å². The minimum atomic E-state index is 0.806. The summed E-state index contributed by atoms with van der Waals surface area (Å²) in [6.45, 7) is 2.00. The van der Waals surface area contributed by atoms with Crippen LogP contribution in [0.2, 0.25) is 5.02 Å². The summed E-state index contributed by atoms with van der Waals surface area (Å²) in [5, 5.41) is 1.65. The number of hydrogen-bond acceptors (Lipinski definition) is 0. The van der Waals surface area contributed by atoms with Crippen molar-refractivity contribution in [3.8, 4) is 0 Å². The quantitative estimate of drug-likeness (QED) is 0.678. The summed E-state index contributed by atoms with van der Waals surface area (Å²) in [5.74, 6) is 0. The zero-order chi connectivity index (χ0) is 8.43. The van der Waals surface area contributed by atoms with Gasteiger partial charge in [-0.1, -0.05) is 49.5 Å². The monoisotopic (exact) mass is 296 g/mol. The third-order valence-corrected chi connectivity index (χ3v) is 3.53. The molecule has 3 heteroatoms. The minimum Gasteiger partial charge on any atom is -0.0876 e. The average Bonchev–Trinajstić information content (AvgIpc) is 2.01. The summed E-state index contributed by atoms with van der Waals surface area (Å²) in [7, 11) is 0. The lowest BCUT2D eigenvalue weighted by Gasteiger charge is -2.04. The molecule has 0 unspecified atom stereocenters. The van der Waals surface area contributed by atoms with Gasteiger partial charge >= 0.3 is 0 Å². The lowest BCUT2D eigenvalue weighted by molar-refractivity contribution is 1.34. The molecule has 1 rings (SSSR count). The van der Waals surface area contributed by atoms with E-state index in [-0.39, 0.29) is 0 Å². The summed E-state index contributed by atoms with van der Waals surface area (Å²) in [5.41, 5.74) is 2.23. The molecule has 0 spiro atoms. The van der Waals surface area contributed by atoms with E-state index in [1.54, 1.807) is 0 Å². The molecule has 0 N–H and O–H groups in total. The van der Waals surface area contributed by atoms with E-state index < -0.39 is 0 Å². The van der Waals surface area contributed by atoms with Crippen molar-refractivity contribution in [3.63, 3.8) is 0 Å². The number of halogens is 3. The highest BCUT2D eigenvalue weighted by molar-refractivity contribution is 9.10. The largest absolute Gasteiger partial charge is 0.0876 e. The second-order valence-electron chi connectivity index (χ2n) is 2.28. The zero-order valence-corrected chi connectivity index (χ0v) is 9.92. The molecule has 60 valence electrons. The Hall–Kier alpha value is 0.470. The highest BCUT2D eigenvalue weighted by atomic mass is 79.9. The number of rotatable bonds is 1. The Morgan fingerprint density at radius 2 is 2.09 bits per heavy atom. The molecule has 0 radical (unpaired) electrons. The van der Waals surface area contributed by atoms with Gasteiger partial charge in [0, 0.05) is 14.8 Å². The van der Waals surface area contributed by atoms with Crippen molar-refractivity contribution in [2.75, 3.05) is 0 Å². The van der Waals surface area contributed by atoms with Crippen molar-refractivity contribution in [1.29, 1.82) is 0 Å². The number of benzene rings is 1. The predicted octanol–water partition coefficient (Wildman–Crippen LogP) is 4.31. The molecule has 0 amide bonds. The van der Waals surface area contributed by atoms with Crippen LogP contribution in [-0.2, 0) is 5.33 Å². The van der Waals surface area contributed by atoms with E-state index in [0.29, 0.717) is 0 Å². The van der Waals surface area contributed by atoms with Crippen molar-refractivity contribution in [2.45, 2.75) is 12.3 Å². The van der Waals surface area contributed by atoms with Crippen LogP contribution in [0.1, 0.15) is 11.1 Å². The second kappa shape index (κ2) is 3.92. The van der Waals surface area contributed by atoms with Gasteiger partial charge in [0.1, 0.15) is 0 Å². The van der Waals surface area contributed by atoms with Crippen LogP contribution in [0.15, 0.2) is 16.6 Å². The fraction of sp³-hybridized carbons (Fsp3) is 0.250. The Bertz CT molecular complexity index is 271. The van der Waals surface area contributed by atoms with Gasteiger partial charge in [0.25, 0.3) is 0 Å². The Morgan fingerprint density at radius 3 is 2.64 bits per heavy atom. The smallest absolute Gasteiger partial charge is 0.0486 e. The highest BCUT2D eigenvalue weighted by Crippen LogP contribution is 2.28. The van der Waals surface area contributed by atoms with Crippen molar-refractivity contribution in [2.24, 2.45) is 0 Å². The first-order valence-corrected chi connectivity index (χ1v) is 5.45. The molecule has 0 aliphatic carbocycles. The second-order valence-corrected chi connectivity index (χ2v) is 4.07. The molecule has 0 aliphatic heterocycles. The van der Waals surface area contributed by atoms with Gasteiger partial charge in [0.15, 0.2) is 0 Å². The van der Waals surface area contributed by atoms with Gasteiger partial charge < -0.3 is 0 Å². The Morgan fingerprint density at radius 1 is 1.45 bits per heavy atom. The van der Waals surface area contributed by atoms with Gasteiger partial charge in [-0.05, 0) is 24.1 Å². The molecule has 0 atom stereocenters. The Kier molecular flexibility index (Phi) is 3.41. The molecule has 1 aromatic rings. The minimum absolute atomic E-state index is 0.806. The van der Waals surface area contributed by atoms with E-state index in [1.807, 2.05) is 19.1 Å². The molecule has 11 heavy (non-hydrogen) atoms. The maximum absolute atomic E-state index is 6.04. The van der Waals surface area contributed by atoms with Crippen LogP contribution in [0.3, 0.4) is 0 Å². The van der Waals surface area contributed by atoms with E-state index in [4.69, 9.17) is 11.6 Å². The molecule has 0 fully saturated rings. The molecule has 0 bridgehead atoms. The third-order valence-electron chi connectivity index (χ3n) is 1.54. The Labute approximate surface area is 88.2 Å². The number of alkyl halides is 1. The van der Waals surface area contributed by atoms with E-state index in [1.165, 1.54) is 0 Å². The molecule has 0 aliphatic rings. The molecular weight excluding hydrogens is 291 g/mol. The van der Waals surface area contributed by atoms with Gasteiger partial charge in [-0.15, -0.1) is 0 Å². The van der Waals surface area contributed by atoms with Crippen molar-refractivity contribution in [1.82, 2.24) is 0 Å². The summed E-state index contributed by atoms with van der Waals surface area (Å²) >= 11 is 12.8. The average molecular weight is 298 g/mol. The topological polar surface area (TPSA) is 0 Å². The zero-order valence-electron chi connectivity index (χ0n) is 6.00. The van der Waals surface area contributed by atoms with Crippen molar-refractivity contribution < 1.29 is 0 Å². The fourth-order valence-corrected chi connectivity index (χ4v) is 2.13. The summed E-state index contributed by atoms with van der Waals surface area (Å²) in [4.78, 5) is 0. The summed E-state index contributed by atoms with van der Waals surface area (Å²) in [6.07, 6.45) is 0. The van der Waals surface area contributed by atoms with Crippen LogP contribution < -0.4 is 0 Å². The van der Waals surface area contributed by atoms with Crippen LogP contribution in [0.4, 0.5) is 0 Å². The predicted molar refractivity (Wildman–Crippen MR) is 56.5 cm³/mol. The lowest BCUT2D eigenvalue weighted by Crippen LogP contribution is -1.84. The molecule has 0 aromatic heterocycles. The van der Waals surface area contributed by atoms with E-state index >= 15 is 0 Å². The molecule has 0 saturated carbocycles. The van der Waals surface area contributed by atoms with Crippen molar-refractivity contribution >= 4 is 43.5 Å². The first-order chi connectivity index (χ1) is 5.16. The molecule has 0 nitrogen and oxygen atoms in total. The van der Waals surface area contributed by atoms with Gasteiger partial charge in [0.05, 0.1) is 0 Å². The first-order valence-electron chi connectivity index (χ1n) is 3.16. The molecular formula is C8H7Br2Cl. The maximum atomic E-state index is 6.04. The van der Waals surface area contributed by atoms with Gasteiger partial charge in [0.2, 0.25) is 0 Å². The van der Waals surface area contributed by atoms with E-state index in [9.17, 15) is 0 Å². The highest BCUT2D eigenvalue weighted by Gasteiger charge is 2.04. The van der Waals surface area contributed by atoms with Crippen LogP contribution in [0.25, 0.3) is 0 Å². The maximum Gasteiger partial charge on any atom is 0.0486 e. The lowest BCUT2D eigenvalue weighted by atomic mass is 10.2. The summed E-state index contributed by atoms with van der Waals surface area (Å²) < 4.78 is 1.06. The van der Waals surface area contributed by atoms with Gasteiger partial charge in [-0.2, -0.15) is 0 Å². The molecule has 1 aromatic carbocycles. The molecule has 0 saturated heterocycles. The SMILES string of the molecule is Cc1c(Br)ccc(CBr)c1Cl.